The SMILES string of the molecule is CCOC(=O)c1cc(CC)sc1NC(=O)C[NH2+]C(C)C(O)c1ccccc1.O=C([O-])C(=O)O. The number of nitrogens with one attached hydrogen (secondary N) is 1. The van der Waals surface area contributed by atoms with Crippen LogP contribution < -0.4 is 15.7 Å². The van der Waals surface area contributed by atoms with Crippen molar-refractivity contribution in [2.45, 2.75) is 39.3 Å². The van der Waals surface area contributed by atoms with E-state index in [2.05, 4.69) is 5.32 Å². The minimum Gasteiger partial charge on any atom is -0.539 e. The predicted octanol–water partition coefficient (Wildman–Crippen LogP) is -0.0679. The molecule has 2 unspecified atom stereocenters. The van der Waals surface area contributed by atoms with Crippen molar-refractivity contribution >= 4 is 40.2 Å². The molecule has 1 amide bonds. The molecule has 33 heavy (non-hydrogen) atoms. The van der Waals surface area contributed by atoms with Gasteiger partial charge in [-0.3, -0.25) is 4.79 Å². The van der Waals surface area contributed by atoms with Gasteiger partial charge in [-0.25, -0.2) is 9.59 Å². The molecule has 2 atom stereocenters. The van der Waals surface area contributed by atoms with Crippen LogP contribution in [0.25, 0.3) is 0 Å². The molecule has 0 saturated heterocycles. The molecule has 0 aliphatic heterocycles. The summed E-state index contributed by atoms with van der Waals surface area (Å²) in [6, 6.07) is 10.9. The van der Waals surface area contributed by atoms with E-state index >= 15 is 0 Å². The number of nitrogens with two attached hydrogens (primary N) is 1. The normalized spacial score (nSPS) is 12.0. The van der Waals surface area contributed by atoms with Crippen molar-refractivity contribution in [3.05, 3.63) is 52.4 Å². The van der Waals surface area contributed by atoms with Gasteiger partial charge in [-0.15, -0.1) is 11.3 Å². The van der Waals surface area contributed by atoms with Crippen LogP contribution in [0.2, 0.25) is 0 Å². The number of aliphatic carboxylic acids is 2. The highest BCUT2D eigenvalue weighted by Crippen LogP contribution is 2.29. The van der Waals surface area contributed by atoms with Gasteiger partial charge in [0.1, 0.15) is 17.1 Å². The summed E-state index contributed by atoms with van der Waals surface area (Å²) in [7, 11) is 0. The van der Waals surface area contributed by atoms with Crippen LogP contribution >= 0.6 is 11.3 Å². The van der Waals surface area contributed by atoms with Crippen LogP contribution in [0.3, 0.4) is 0 Å². The average Bonchev–Trinajstić information content (AvgIpc) is 3.21. The smallest absolute Gasteiger partial charge is 0.351 e. The molecule has 1 aromatic heterocycles. The number of ether oxygens (including phenoxy) is 1. The van der Waals surface area contributed by atoms with Crippen LogP contribution in [-0.4, -0.2) is 53.2 Å². The Balaban J connectivity index is 0.000000801. The van der Waals surface area contributed by atoms with Crippen molar-refractivity contribution in [2.75, 3.05) is 18.5 Å². The van der Waals surface area contributed by atoms with E-state index < -0.39 is 24.0 Å². The number of hydrogen-bond donors (Lipinski definition) is 4. The van der Waals surface area contributed by atoms with E-state index in [1.165, 1.54) is 11.3 Å². The third-order valence-corrected chi connectivity index (χ3v) is 5.56. The third-order valence-electron chi connectivity index (χ3n) is 4.37. The standard InChI is InChI=1S/C20H26N2O4S.C2H2O4/c1-4-15-11-16(20(25)26-5-2)19(27-15)22-17(23)12-21-13(3)18(24)14-9-7-6-8-10-14;3-1(4)2(5)6/h6-11,13,18,21,24H,4-5,12H2,1-3H3,(H,22,23);(H,3,4)(H,5,6). The molecule has 0 saturated carbocycles. The first-order valence-corrected chi connectivity index (χ1v) is 11.0. The van der Waals surface area contributed by atoms with Gasteiger partial charge < -0.3 is 35.5 Å². The lowest BCUT2D eigenvalue weighted by Gasteiger charge is -2.17. The number of amides is 1. The minimum atomic E-state index is -2.07. The minimum absolute atomic E-state index is 0.146. The molecule has 1 aromatic carbocycles. The molecule has 180 valence electrons. The van der Waals surface area contributed by atoms with E-state index in [0.29, 0.717) is 10.6 Å². The van der Waals surface area contributed by atoms with Crippen LogP contribution in [0, 0.1) is 0 Å². The molecule has 5 N–H and O–H groups in total. The van der Waals surface area contributed by atoms with Crippen molar-refractivity contribution < 1.29 is 44.6 Å². The Hall–Kier alpha value is -3.28. The first-order chi connectivity index (χ1) is 15.6. The quantitative estimate of drug-likeness (QED) is 0.285. The van der Waals surface area contributed by atoms with E-state index in [0.717, 1.165) is 16.9 Å². The Morgan fingerprint density at radius 3 is 2.30 bits per heavy atom. The predicted molar refractivity (Wildman–Crippen MR) is 119 cm³/mol. The highest BCUT2D eigenvalue weighted by atomic mass is 32.1. The Morgan fingerprint density at radius 2 is 1.79 bits per heavy atom. The van der Waals surface area contributed by atoms with Crippen LogP contribution in [-0.2, 0) is 25.5 Å². The molecule has 0 bridgehead atoms. The first-order valence-electron chi connectivity index (χ1n) is 10.2. The van der Waals surface area contributed by atoms with Crippen LogP contribution in [0.1, 0.15) is 47.7 Å². The van der Waals surface area contributed by atoms with Crippen LogP contribution in [0.4, 0.5) is 5.00 Å². The van der Waals surface area contributed by atoms with E-state index in [4.69, 9.17) is 24.5 Å². The van der Waals surface area contributed by atoms with E-state index in [9.17, 15) is 14.7 Å². The number of rotatable bonds is 9. The lowest BCUT2D eigenvalue weighted by molar-refractivity contribution is -0.684. The number of carboxylic acid groups (broad SMARTS) is 2. The monoisotopic (exact) mass is 480 g/mol. The van der Waals surface area contributed by atoms with Gasteiger partial charge in [0, 0.05) is 4.88 Å². The van der Waals surface area contributed by atoms with Gasteiger partial charge in [0.2, 0.25) is 0 Å². The van der Waals surface area contributed by atoms with E-state index in [1.54, 1.807) is 18.3 Å². The van der Waals surface area contributed by atoms with Crippen molar-refractivity contribution in [2.24, 2.45) is 0 Å². The fourth-order valence-electron chi connectivity index (χ4n) is 2.62. The molecule has 0 radical (unpaired) electrons. The first kappa shape index (κ1) is 27.8. The summed E-state index contributed by atoms with van der Waals surface area (Å²) < 4.78 is 5.06. The number of carboxylic acids is 2. The molecule has 0 fully saturated rings. The van der Waals surface area contributed by atoms with Crippen molar-refractivity contribution in [3.63, 3.8) is 0 Å². The molecular formula is C22H28N2O8S. The summed E-state index contributed by atoms with van der Waals surface area (Å²) in [5.41, 5.74) is 1.21. The number of esters is 1. The summed E-state index contributed by atoms with van der Waals surface area (Å²) in [6.07, 6.45) is 0.113. The van der Waals surface area contributed by atoms with Crippen molar-refractivity contribution in [3.8, 4) is 0 Å². The third kappa shape index (κ3) is 9.39. The number of quaternary nitrogens is 1. The fourth-order valence-corrected chi connectivity index (χ4v) is 3.62. The van der Waals surface area contributed by atoms with Crippen LogP contribution in [0.15, 0.2) is 36.4 Å². The largest absolute Gasteiger partial charge is 0.539 e. The van der Waals surface area contributed by atoms with Gasteiger partial charge in [0.25, 0.3) is 5.91 Å². The molecule has 0 aliphatic carbocycles. The lowest BCUT2D eigenvalue weighted by atomic mass is 10.0. The highest BCUT2D eigenvalue weighted by Gasteiger charge is 2.22. The van der Waals surface area contributed by atoms with Crippen molar-refractivity contribution in [1.82, 2.24) is 0 Å². The van der Waals surface area contributed by atoms with Gasteiger partial charge in [-0.1, -0.05) is 37.3 Å². The molecule has 10 nitrogen and oxygen atoms in total. The summed E-state index contributed by atoms with van der Waals surface area (Å²) in [6.45, 7) is 6.04. The molecule has 11 heteroatoms. The van der Waals surface area contributed by atoms with Gasteiger partial charge in [-0.2, -0.15) is 0 Å². The maximum Gasteiger partial charge on any atom is 0.351 e. The van der Waals surface area contributed by atoms with Gasteiger partial charge in [0.15, 0.2) is 12.5 Å². The fraction of sp³-hybridized carbons (Fsp3) is 0.364. The van der Waals surface area contributed by atoms with Gasteiger partial charge in [0.05, 0.1) is 12.2 Å². The second-order valence-electron chi connectivity index (χ2n) is 6.82. The van der Waals surface area contributed by atoms with Gasteiger partial charge in [-0.05, 0) is 31.9 Å². The number of aryl methyl sites for hydroxylation is 1. The zero-order valence-electron chi connectivity index (χ0n) is 18.6. The number of aliphatic hydroxyl groups is 1. The summed E-state index contributed by atoms with van der Waals surface area (Å²) in [5.74, 6) is -4.66. The number of anilines is 1. The zero-order chi connectivity index (χ0) is 25.0. The summed E-state index contributed by atoms with van der Waals surface area (Å²) in [5, 5.41) is 31.8. The second kappa shape index (κ2) is 14.0. The number of carbonyl (C=O) groups excluding carboxylic acids is 3. The maximum absolute atomic E-state index is 12.3. The van der Waals surface area contributed by atoms with E-state index in [1.807, 2.05) is 44.2 Å². The molecular weight excluding hydrogens is 452 g/mol. The number of aliphatic hydroxyl groups excluding tert-OH is 1. The van der Waals surface area contributed by atoms with Gasteiger partial charge >= 0.3 is 11.9 Å². The Labute approximate surface area is 195 Å². The topological polar surface area (TPSA) is 170 Å². The average molecular weight is 481 g/mol. The lowest BCUT2D eigenvalue weighted by Crippen LogP contribution is -2.92. The number of benzene rings is 1. The summed E-state index contributed by atoms with van der Waals surface area (Å²) >= 11 is 1.38. The van der Waals surface area contributed by atoms with Crippen LogP contribution in [0.5, 0.6) is 0 Å². The molecule has 0 aliphatic rings. The Morgan fingerprint density at radius 1 is 1.18 bits per heavy atom. The number of thiophene rings is 1. The molecule has 2 aromatic rings. The maximum atomic E-state index is 12.3. The Kier molecular flexibility index (Phi) is 11.8. The van der Waals surface area contributed by atoms with E-state index in [-0.39, 0.29) is 25.1 Å². The second-order valence-corrected chi connectivity index (χ2v) is 7.96. The Bertz CT molecular complexity index is 933. The number of hydrogen-bond acceptors (Lipinski definition) is 8. The van der Waals surface area contributed by atoms with Crippen molar-refractivity contribution in [1.29, 1.82) is 0 Å². The summed E-state index contributed by atoms with van der Waals surface area (Å²) in [4.78, 5) is 43.4. The molecule has 1 heterocycles. The highest BCUT2D eigenvalue weighted by molar-refractivity contribution is 7.16. The zero-order valence-corrected chi connectivity index (χ0v) is 19.4. The molecule has 2 rings (SSSR count). The number of carbonyl (C=O) groups is 4. The molecule has 0 spiro atoms.